The van der Waals surface area contributed by atoms with Gasteiger partial charge in [-0.15, -0.1) is 11.3 Å². The number of hydrogen-bond acceptors (Lipinski definition) is 4. The smallest absolute Gasteiger partial charge is 0.331 e. The van der Waals surface area contributed by atoms with Crippen LogP contribution in [0.1, 0.15) is 27.0 Å². The van der Waals surface area contributed by atoms with Gasteiger partial charge in [-0.2, -0.15) is 13.2 Å². The van der Waals surface area contributed by atoms with E-state index in [1.807, 2.05) is 32.0 Å². The molecule has 0 atom stereocenters. The number of carbonyl (C=O) groups is 1. The van der Waals surface area contributed by atoms with Crippen molar-refractivity contribution in [3.8, 4) is 0 Å². The number of rotatable bonds is 4. The van der Waals surface area contributed by atoms with Crippen LogP contribution in [0.5, 0.6) is 0 Å². The number of alkyl halides is 3. The fraction of sp³-hybridized carbons (Fsp3) is 0.158. The van der Waals surface area contributed by atoms with Crippen molar-refractivity contribution < 1.29 is 18.0 Å². The number of aromatic nitrogens is 1. The number of para-hydroxylation sites is 1. The summed E-state index contributed by atoms with van der Waals surface area (Å²) in [5, 5.41) is 8.09. The van der Waals surface area contributed by atoms with Gasteiger partial charge in [-0.1, -0.05) is 18.2 Å². The van der Waals surface area contributed by atoms with E-state index in [9.17, 15) is 18.0 Å². The number of anilines is 3. The van der Waals surface area contributed by atoms with E-state index in [2.05, 4.69) is 15.6 Å². The number of aryl methyl sites for hydroxylation is 2. The summed E-state index contributed by atoms with van der Waals surface area (Å²) in [7, 11) is 0. The quantitative estimate of drug-likeness (QED) is 0.593. The highest BCUT2D eigenvalue weighted by molar-refractivity contribution is 7.14. The summed E-state index contributed by atoms with van der Waals surface area (Å²) in [6.45, 7) is 3.96. The van der Waals surface area contributed by atoms with Gasteiger partial charge < -0.3 is 10.6 Å². The number of nitrogens with one attached hydrogen (secondary N) is 2. The molecular formula is C19H16F3N3OS. The molecule has 2 N–H and O–H groups in total. The van der Waals surface area contributed by atoms with Crippen LogP contribution in [0, 0.1) is 13.8 Å². The average molecular weight is 391 g/mol. The normalized spacial score (nSPS) is 11.3. The lowest BCUT2D eigenvalue weighted by atomic mass is 10.1. The van der Waals surface area contributed by atoms with Crippen LogP contribution in [0.3, 0.4) is 0 Å². The Morgan fingerprint density at radius 3 is 2.26 bits per heavy atom. The van der Waals surface area contributed by atoms with Crippen molar-refractivity contribution in [2.75, 3.05) is 10.6 Å². The molecule has 0 fully saturated rings. The Hall–Kier alpha value is -2.87. The van der Waals surface area contributed by atoms with E-state index in [4.69, 9.17) is 0 Å². The van der Waals surface area contributed by atoms with Crippen LogP contribution in [0.15, 0.2) is 47.8 Å². The SMILES string of the molecule is Cc1cccc(C)c1Nc1nc(NC(=O)c2ccc(C(F)(F)F)cc2)cs1. The number of halogens is 3. The molecule has 0 aliphatic rings. The Morgan fingerprint density at radius 1 is 1.04 bits per heavy atom. The van der Waals surface area contributed by atoms with Gasteiger partial charge in [0.2, 0.25) is 0 Å². The van der Waals surface area contributed by atoms with Crippen LogP contribution in [-0.2, 0) is 6.18 Å². The van der Waals surface area contributed by atoms with Crippen LogP contribution < -0.4 is 10.6 Å². The molecular weight excluding hydrogens is 375 g/mol. The Labute approximate surface area is 158 Å². The maximum absolute atomic E-state index is 12.6. The molecule has 0 saturated carbocycles. The Morgan fingerprint density at radius 2 is 1.67 bits per heavy atom. The molecule has 0 radical (unpaired) electrons. The standard InChI is InChI=1S/C19H16F3N3OS/c1-11-4-3-5-12(2)16(11)25-18-24-15(10-27-18)23-17(26)13-6-8-14(9-7-13)19(20,21)22/h3-10H,1-2H3,(H,23,26)(H,24,25). The van der Waals surface area contributed by atoms with Gasteiger partial charge in [-0.25, -0.2) is 4.98 Å². The van der Waals surface area contributed by atoms with E-state index in [0.717, 1.165) is 41.1 Å². The predicted octanol–water partition coefficient (Wildman–Crippen LogP) is 5.77. The number of benzene rings is 2. The number of nitrogens with zero attached hydrogens (tertiary/aromatic N) is 1. The van der Waals surface area contributed by atoms with Gasteiger partial charge in [0.1, 0.15) is 5.82 Å². The first-order chi connectivity index (χ1) is 12.7. The third-order valence-electron chi connectivity index (χ3n) is 3.93. The minimum absolute atomic E-state index is 0.125. The van der Waals surface area contributed by atoms with Crippen molar-refractivity contribution >= 4 is 33.9 Å². The van der Waals surface area contributed by atoms with Gasteiger partial charge in [-0.05, 0) is 49.2 Å². The topological polar surface area (TPSA) is 54.0 Å². The largest absolute Gasteiger partial charge is 0.416 e. The molecule has 0 aliphatic carbocycles. The van der Waals surface area contributed by atoms with Crippen LogP contribution in [0.4, 0.5) is 29.8 Å². The van der Waals surface area contributed by atoms with E-state index < -0.39 is 17.6 Å². The van der Waals surface area contributed by atoms with Crippen LogP contribution in [-0.4, -0.2) is 10.9 Å². The predicted molar refractivity (Wildman–Crippen MR) is 101 cm³/mol. The minimum Gasteiger partial charge on any atom is -0.331 e. The second-order valence-corrected chi connectivity index (χ2v) is 6.82. The minimum atomic E-state index is -4.43. The summed E-state index contributed by atoms with van der Waals surface area (Å²) in [4.78, 5) is 16.5. The zero-order valence-corrected chi connectivity index (χ0v) is 15.3. The molecule has 140 valence electrons. The lowest BCUT2D eigenvalue weighted by molar-refractivity contribution is -0.137. The Balaban J connectivity index is 1.69. The van der Waals surface area contributed by atoms with Crippen molar-refractivity contribution in [2.45, 2.75) is 20.0 Å². The second-order valence-electron chi connectivity index (χ2n) is 5.96. The van der Waals surface area contributed by atoms with Crippen molar-refractivity contribution in [1.82, 2.24) is 4.98 Å². The second kappa shape index (κ2) is 7.40. The summed E-state index contributed by atoms with van der Waals surface area (Å²) < 4.78 is 37.8. The summed E-state index contributed by atoms with van der Waals surface area (Å²) in [6.07, 6.45) is -4.43. The van der Waals surface area contributed by atoms with Gasteiger partial charge in [0, 0.05) is 16.6 Å². The Kier molecular flexibility index (Phi) is 5.18. The summed E-state index contributed by atoms with van der Waals surface area (Å²) in [5.74, 6) is -0.189. The lowest BCUT2D eigenvalue weighted by Crippen LogP contribution is -2.13. The number of carbonyl (C=O) groups excluding carboxylic acids is 1. The zero-order valence-electron chi connectivity index (χ0n) is 14.5. The molecule has 0 unspecified atom stereocenters. The first kappa shape index (κ1) is 18.9. The molecule has 3 rings (SSSR count). The van der Waals surface area contributed by atoms with Gasteiger partial charge in [0.25, 0.3) is 5.91 Å². The van der Waals surface area contributed by atoms with E-state index >= 15 is 0 Å². The highest BCUT2D eigenvalue weighted by Gasteiger charge is 2.30. The maximum atomic E-state index is 12.6. The molecule has 8 heteroatoms. The van der Waals surface area contributed by atoms with Crippen molar-refractivity contribution in [3.63, 3.8) is 0 Å². The number of thiazole rings is 1. The molecule has 4 nitrogen and oxygen atoms in total. The zero-order chi connectivity index (χ0) is 19.6. The number of hydrogen-bond donors (Lipinski definition) is 2. The van der Waals surface area contributed by atoms with Crippen LogP contribution in [0.25, 0.3) is 0 Å². The molecule has 0 spiro atoms. The van der Waals surface area contributed by atoms with Gasteiger partial charge in [-0.3, -0.25) is 4.79 Å². The molecule has 3 aromatic rings. The number of amides is 1. The molecule has 2 aromatic carbocycles. The van der Waals surface area contributed by atoms with Crippen molar-refractivity contribution in [1.29, 1.82) is 0 Å². The molecule has 0 aliphatic heterocycles. The van der Waals surface area contributed by atoms with Gasteiger partial charge in [0.15, 0.2) is 5.13 Å². The van der Waals surface area contributed by atoms with E-state index in [-0.39, 0.29) is 5.56 Å². The molecule has 1 heterocycles. The first-order valence-corrected chi connectivity index (χ1v) is 8.89. The van der Waals surface area contributed by atoms with E-state index in [1.54, 1.807) is 5.38 Å². The molecule has 1 aromatic heterocycles. The maximum Gasteiger partial charge on any atom is 0.416 e. The molecule has 27 heavy (non-hydrogen) atoms. The van der Waals surface area contributed by atoms with Crippen molar-refractivity contribution in [3.05, 3.63) is 70.1 Å². The lowest BCUT2D eigenvalue weighted by Gasteiger charge is -2.10. The third-order valence-corrected chi connectivity index (χ3v) is 4.69. The van der Waals surface area contributed by atoms with Crippen molar-refractivity contribution in [2.24, 2.45) is 0 Å². The highest BCUT2D eigenvalue weighted by atomic mass is 32.1. The van der Waals surface area contributed by atoms with Gasteiger partial charge >= 0.3 is 6.18 Å². The van der Waals surface area contributed by atoms with Crippen LogP contribution >= 0.6 is 11.3 Å². The van der Waals surface area contributed by atoms with Gasteiger partial charge in [0.05, 0.1) is 5.56 Å². The third kappa shape index (κ3) is 4.46. The monoisotopic (exact) mass is 391 g/mol. The van der Waals surface area contributed by atoms with Crippen LogP contribution in [0.2, 0.25) is 0 Å². The first-order valence-electron chi connectivity index (χ1n) is 8.01. The Bertz CT molecular complexity index is 945. The highest BCUT2D eigenvalue weighted by Crippen LogP contribution is 2.30. The fourth-order valence-corrected chi connectivity index (χ4v) is 3.15. The summed E-state index contributed by atoms with van der Waals surface area (Å²) in [5.41, 5.74) is 2.42. The fourth-order valence-electron chi connectivity index (χ4n) is 2.51. The summed E-state index contributed by atoms with van der Waals surface area (Å²) in [6, 6.07) is 9.97. The molecule has 0 saturated heterocycles. The molecule has 0 bridgehead atoms. The van der Waals surface area contributed by atoms with E-state index in [1.165, 1.54) is 11.3 Å². The van der Waals surface area contributed by atoms with E-state index in [0.29, 0.717) is 10.9 Å². The molecule has 1 amide bonds. The summed E-state index contributed by atoms with van der Waals surface area (Å²) >= 11 is 1.32. The average Bonchev–Trinajstić information content (AvgIpc) is 3.05.